The van der Waals surface area contributed by atoms with Gasteiger partial charge in [0.2, 0.25) is 0 Å². The standard InChI is InChI=1S/C15H28O5/c1-10(18-8)11(13(17)20-15(5,6)7)9-12(16)19-14(2,3)4/h10-11H,9H2,1-8H3/t10-,11+/m0/s1. The van der Waals surface area contributed by atoms with Gasteiger partial charge in [-0.3, -0.25) is 9.59 Å². The molecule has 0 heterocycles. The van der Waals surface area contributed by atoms with Crippen LogP contribution in [-0.4, -0.2) is 36.4 Å². The van der Waals surface area contributed by atoms with Crippen LogP contribution in [0.2, 0.25) is 0 Å². The molecule has 0 aliphatic carbocycles. The van der Waals surface area contributed by atoms with Gasteiger partial charge in [-0.05, 0) is 48.5 Å². The van der Waals surface area contributed by atoms with Gasteiger partial charge in [-0.2, -0.15) is 0 Å². The molecule has 0 aliphatic rings. The molecule has 5 nitrogen and oxygen atoms in total. The zero-order chi connectivity index (χ0) is 16.1. The van der Waals surface area contributed by atoms with Crippen molar-refractivity contribution in [1.82, 2.24) is 0 Å². The predicted molar refractivity (Wildman–Crippen MR) is 76.3 cm³/mol. The zero-order valence-corrected chi connectivity index (χ0v) is 13.9. The Bertz CT molecular complexity index is 335. The maximum atomic E-state index is 12.2. The van der Waals surface area contributed by atoms with Crippen LogP contribution in [0.25, 0.3) is 0 Å². The number of esters is 2. The summed E-state index contributed by atoms with van der Waals surface area (Å²) >= 11 is 0. The van der Waals surface area contributed by atoms with Crippen LogP contribution < -0.4 is 0 Å². The van der Waals surface area contributed by atoms with Gasteiger partial charge in [0.25, 0.3) is 0 Å². The lowest BCUT2D eigenvalue weighted by Gasteiger charge is -2.27. The fourth-order valence-corrected chi connectivity index (χ4v) is 1.55. The van der Waals surface area contributed by atoms with E-state index < -0.39 is 35.2 Å². The van der Waals surface area contributed by atoms with Crippen LogP contribution in [-0.2, 0) is 23.8 Å². The summed E-state index contributed by atoms with van der Waals surface area (Å²) in [4.78, 5) is 24.0. The molecule has 2 atom stereocenters. The SMILES string of the molecule is CO[C@@H](C)[C@@H](CC(=O)OC(C)(C)C)C(=O)OC(C)(C)C. The second kappa shape index (κ2) is 7.07. The van der Waals surface area contributed by atoms with E-state index >= 15 is 0 Å². The molecule has 0 N–H and O–H groups in total. The molecule has 5 heteroatoms. The molecule has 0 saturated heterocycles. The third kappa shape index (κ3) is 8.15. The molecule has 0 unspecified atom stereocenters. The van der Waals surface area contributed by atoms with Gasteiger partial charge in [0.05, 0.1) is 18.4 Å². The Kier molecular flexibility index (Phi) is 6.68. The van der Waals surface area contributed by atoms with E-state index in [0.717, 1.165) is 0 Å². The highest BCUT2D eigenvalue weighted by atomic mass is 16.6. The Hall–Kier alpha value is -1.10. The van der Waals surface area contributed by atoms with Crippen LogP contribution in [0.5, 0.6) is 0 Å². The topological polar surface area (TPSA) is 61.8 Å². The molecule has 0 bridgehead atoms. The van der Waals surface area contributed by atoms with E-state index in [4.69, 9.17) is 14.2 Å². The Balaban J connectivity index is 4.82. The first-order chi connectivity index (χ1) is 8.85. The molecule has 0 saturated carbocycles. The summed E-state index contributed by atoms with van der Waals surface area (Å²) in [5.41, 5.74) is -1.18. The first kappa shape index (κ1) is 18.9. The molecule has 0 amide bonds. The third-order valence-corrected chi connectivity index (χ3v) is 2.45. The maximum absolute atomic E-state index is 12.2. The summed E-state index contributed by atoms with van der Waals surface area (Å²) in [6, 6.07) is 0. The Morgan fingerprint density at radius 1 is 0.950 bits per heavy atom. The van der Waals surface area contributed by atoms with E-state index in [1.165, 1.54) is 7.11 Å². The van der Waals surface area contributed by atoms with Gasteiger partial charge in [0.1, 0.15) is 11.2 Å². The number of carbonyl (C=O) groups excluding carboxylic acids is 2. The smallest absolute Gasteiger partial charge is 0.312 e. The molecular formula is C15H28O5. The highest BCUT2D eigenvalue weighted by molar-refractivity contribution is 5.80. The first-order valence-corrected chi connectivity index (χ1v) is 6.83. The second-order valence-corrected chi connectivity index (χ2v) is 6.87. The Morgan fingerprint density at radius 3 is 1.75 bits per heavy atom. The second-order valence-electron chi connectivity index (χ2n) is 6.87. The lowest BCUT2D eigenvalue weighted by atomic mass is 9.99. The van der Waals surface area contributed by atoms with Crippen LogP contribution in [0, 0.1) is 5.92 Å². The van der Waals surface area contributed by atoms with Crippen LogP contribution in [0.4, 0.5) is 0 Å². The van der Waals surface area contributed by atoms with E-state index in [0.29, 0.717) is 0 Å². The average molecular weight is 288 g/mol. The fraction of sp³-hybridized carbons (Fsp3) is 0.867. The number of methoxy groups -OCH3 is 1. The highest BCUT2D eigenvalue weighted by Crippen LogP contribution is 2.20. The molecule has 0 aromatic rings. The van der Waals surface area contributed by atoms with Crippen molar-refractivity contribution in [3.8, 4) is 0 Å². The van der Waals surface area contributed by atoms with Crippen molar-refractivity contribution in [3.05, 3.63) is 0 Å². The van der Waals surface area contributed by atoms with Crippen molar-refractivity contribution < 1.29 is 23.8 Å². The molecule has 0 aromatic heterocycles. The van der Waals surface area contributed by atoms with Crippen molar-refractivity contribution in [2.24, 2.45) is 5.92 Å². The molecule has 0 aromatic carbocycles. The lowest BCUT2D eigenvalue weighted by Crippen LogP contribution is -2.37. The van der Waals surface area contributed by atoms with Crippen LogP contribution in [0.1, 0.15) is 54.9 Å². The number of hydrogen-bond donors (Lipinski definition) is 0. The summed E-state index contributed by atoms with van der Waals surface area (Å²) in [6.45, 7) is 12.4. The molecule has 0 fully saturated rings. The molecule has 118 valence electrons. The first-order valence-electron chi connectivity index (χ1n) is 6.83. The molecule has 0 radical (unpaired) electrons. The minimum absolute atomic E-state index is 0.0544. The van der Waals surface area contributed by atoms with Crippen LogP contribution in [0.3, 0.4) is 0 Å². The normalized spacial score (nSPS) is 15.4. The summed E-state index contributed by atoms with van der Waals surface area (Å²) in [5, 5.41) is 0. The number of carbonyl (C=O) groups is 2. The quantitative estimate of drug-likeness (QED) is 0.728. The maximum Gasteiger partial charge on any atom is 0.312 e. The van der Waals surface area contributed by atoms with E-state index in [1.54, 1.807) is 48.5 Å². The molecule has 0 spiro atoms. The molecular weight excluding hydrogens is 260 g/mol. The number of hydrogen-bond acceptors (Lipinski definition) is 5. The Morgan fingerprint density at radius 2 is 1.40 bits per heavy atom. The monoisotopic (exact) mass is 288 g/mol. The molecule has 0 aliphatic heterocycles. The predicted octanol–water partition coefficient (Wildman–Crippen LogP) is 2.71. The van der Waals surface area contributed by atoms with Gasteiger partial charge in [0.15, 0.2) is 0 Å². The highest BCUT2D eigenvalue weighted by Gasteiger charge is 2.33. The van der Waals surface area contributed by atoms with E-state index in [1.807, 2.05) is 0 Å². The van der Waals surface area contributed by atoms with E-state index in [9.17, 15) is 9.59 Å². The van der Waals surface area contributed by atoms with Crippen molar-refractivity contribution in [3.63, 3.8) is 0 Å². The fourth-order valence-electron chi connectivity index (χ4n) is 1.55. The van der Waals surface area contributed by atoms with Gasteiger partial charge >= 0.3 is 11.9 Å². The van der Waals surface area contributed by atoms with Gasteiger partial charge in [-0.25, -0.2) is 0 Å². The van der Waals surface area contributed by atoms with E-state index in [2.05, 4.69) is 0 Å². The minimum atomic E-state index is -0.672. The summed E-state index contributed by atoms with van der Waals surface area (Å²) in [6.07, 6.45) is -0.473. The van der Waals surface area contributed by atoms with Crippen molar-refractivity contribution in [2.45, 2.75) is 72.2 Å². The lowest BCUT2D eigenvalue weighted by molar-refractivity contribution is -0.171. The molecule has 20 heavy (non-hydrogen) atoms. The van der Waals surface area contributed by atoms with Crippen LogP contribution in [0.15, 0.2) is 0 Å². The minimum Gasteiger partial charge on any atom is -0.460 e. The van der Waals surface area contributed by atoms with Gasteiger partial charge in [-0.15, -0.1) is 0 Å². The summed E-state index contributed by atoms with van der Waals surface area (Å²) in [7, 11) is 1.50. The summed E-state index contributed by atoms with van der Waals surface area (Å²) < 4.78 is 15.7. The van der Waals surface area contributed by atoms with Crippen molar-refractivity contribution in [1.29, 1.82) is 0 Å². The van der Waals surface area contributed by atoms with E-state index in [-0.39, 0.29) is 6.42 Å². The third-order valence-electron chi connectivity index (χ3n) is 2.45. The molecule has 0 rings (SSSR count). The average Bonchev–Trinajstić information content (AvgIpc) is 2.19. The van der Waals surface area contributed by atoms with Crippen LogP contribution >= 0.6 is 0 Å². The Labute approximate surface area is 122 Å². The van der Waals surface area contributed by atoms with Gasteiger partial charge < -0.3 is 14.2 Å². The van der Waals surface area contributed by atoms with Gasteiger partial charge in [0, 0.05) is 7.11 Å². The number of ether oxygens (including phenoxy) is 3. The van der Waals surface area contributed by atoms with Crippen molar-refractivity contribution in [2.75, 3.05) is 7.11 Å². The summed E-state index contributed by atoms with van der Waals surface area (Å²) in [5.74, 6) is -1.55. The van der Waals surface area contributed by atoms with Crippen molar-refractivity contribution >= 4 is 11.9 Å². The zero-order valence-electron chi connectivity index (χ0n) is 13.9. The largest absolute Gasteiger partial charge is 0.460 e. The number of rotatable bonds is 5. The van der Waals surface area contributed by atoms with Gasteiger partial charge in [-0.1, -0.05) is 0 Å².